The van der Waals surface area contributed by atoms with E-state index in [2.05, 4.69) is 21.0 Å². The van der Waals surface area contributed by atoms with Crippen LogP contribution in [0.5, 0.6) is 0 Å². The molecule has 0 aromatic carbocycles. The molecule has 1 aromatic heterocycles. The Kier molecular flexibility index (Phi) is 5.40. The molecule has 0 saturated heterocycles. The topological polar surface area (TPSA) is 97.1 Å². The van der Waals surface area contributed by atoms with Gasteiger partial charge >= 0.3 is 0 Å². The Morgan fingerprint density at radius 1 is 1.25 bits per heavy atom. The SMILES string of the molecule is CC(=O)NNC(=O)CSc1nnc(C2CCCCC2)o1. The number of hydrogen-bond acceptors (Lipinski definition) is 6. The van der Waals surface area contributed by atoms with Crippen LogP contribution in [0.3, 0.4) is 0 Å². The first-order chi connectivity index (χ1) is 9.65. The number of aromatic nitrogens is 2. The van der Waals surface area contributed by atoms with E-state index in [0.29, 0.717) is 17.0 Å². The number of hydrogen-bond donors (Lipinski definition) is 2. The number of thioether (sulfide) groups is 1. The second-order valence-corrected chi connectivity index (χ2v) is 5.69. The van der Waals surface area contributed by atoms with Crippen molar-refractivity contribution in [3.8, 4) is 0 Å². The zero-order chi connectivity index (χ0) is 14.4. The number of rotatable bonds is 4. The van der Waals surface area contributed by atoms with Crippen LogP contribution in [0.4, 0.5) is 0 Å². The predicted octanol–water partition coefficient (Wildman–Crippen LogP) is 1.38. The molecular formula is C12H18N4O3S. The molecule has 110 valence electrons. The summed E-state index contributed by atoms with van der Waals surface area (Å²) in [5.74, 6) is 0.517. The van der Waals surface area contributed by atoms with E-state index in [1.165, 1.54) is 26.2 Å². The molecule has 0 atom stereocenters. The van der Waals surface area contributed by atoms with Crippen LogP contribution in [0.15, 0.2) is 9.64 Å². The van der Waals surface area contributed by atoms with Gasteiger partial charge in [0, 0.05) is 12.8 Å². The molecule has 20 heavy (non-hydrogen) atoms. The van der Waals surface area contributed by atoms with Gasteiger partial charge in [-0.1, -0.05) is 31.0 Å². The van der Waals surface area contributed by atoms with E-state index < -0.39 is 0 Å². The van der Waals surface area contributed by atoms with Crippen molar-refractivity contribution < 1.29 is 14.0 Å². The second-order valence-electron chi connectivity index (χ2n) is 4.76. The quantitative estimate of drug-likeness (QED) is 0.644. The van der Waals surface area contributed by atoms with Crippen molar-refractivity contribution in [1.82, 2.24) is 21.0 Å². The summed E-state index contributed by atoms with van der Waals surface area (Å²) in [5, 5.41) is 8.38. The molecule has 1 aliphatic rings. The van der Waals surface area contributed by atoms with Gasteiger partial charge in [-0.3, -0.25) is 20.4 Å². The summed E-state index contributed by atoms with van der Waals surface area (Å²) in [6.07, 6.45) is 5.86. The minimum atomic E-state index is -0.319. The highest BCUT2D eigenvalue weighted by Gasteiger charge is 2.21. The van der Waals surface area contributed by atoms with Crippen LogP contribution in [0.1, 0.15) is 50.8 Å². The van der Waals surface area contributed by atoms with Crippen LogP contribution in [0.2, 0.25) is 0 Å². The molecule has 1 saturated carbocycles. The minimum absolute atomic E-state index is 0.118. The van der Waals surface area contributed by atoms with Crippen molar-refractivity contribution in [2.75, 3.05) is 5.75 Å². The first-order valence-corrected chi connectivity index (χ1v) is 7.65. The summed E-state index contributed by atoms with van der Waals surface area (Å²) in [6, 6.07) is 0. The molecule has 0 unspecified atom stereocenters. The zero-order valence-electron chi connectivity index (χ0n) is 11.3. The van der Waals surface area contributed by atoms with Crippen molar-refractivity contribution in [1.29, 1.82) is 0 Å². The maximum absolute atomic E-state index is 11.4. The molecule has 1 heterocycles. The summed E-state index contributed by atoms with van der Waals surface area (Å²) in [4.78, 5) is 22.0. The Hall–Kier alpha value is -1.57. The van der Waals surface area contributed by atoms with Crippen molar-refractivity contribution >= 4 is 23.6 Å². The first-order valence-electron chi connectivity index (χ1n) is 6.67. The molecule has 0 bridgehead atoms. The van der Waals surface area contributed by atoms with Crippen molar-refractivity contribution in [2.45, 2.75) is 50.2 Å². The summed E-state index contributed by atoms with van der Waals surface area (Å²) in [6.45, 7) is 1.32. The Bertz CT molecular complexity index is 471. The number of amides is 2. The van der Waals surface area contributed by atoms with E-state index in [0.717, 1.165) is 24.6 Å². The van der Waals surface area contributed by atoms with E-state index in [4.69, 9.17) is 4.42 Å². The van der Waals surface area contributed by atoms with Gasteiger partial charge in [0.05, 0.1) is 5.75 Å². The third-order valence-corrected chi connectivity index (χ3v) is 3.90. The largest absolute Gasteiger partial charge is 0.416 e. The monoisotopic (exact) mass is 298 g/mol. The zero-order valence-corrected chi connectivity index (χ0v) is 12.2. The third kappa shape index (κ3) is 4.52. The van der Waals surface area contributed by atoms with E-state index in [1.807, 2.05) is 0 Å². The first kappa shape index (κ1) is 14.8. The Morgan fingerprint density at radius 3 is 2.70 bits per heavy atom. The molecular weight excluding hydrogens is 280 g/mol. The van der Waals surface area contributed by atoms with E-state index in [-0.39, 0.29) is 17.6 Å². The Balaban J connectivity index is 1.77. The van der Waals surface area contributed by atoms with Crippen LogP contribution in [0, 0.1) is 0 Å². The number of hydrazine groups is 1. The second kappa shape index (κ2) is 7.28. The molecule has 2 N–H and O–H groups in total. The van der Waals surface area contributed by atoms with Gasteiger partial charge in [-0.05, 0) is 12.8 Å². The van der Waals surface area contributed by atoms with E-state index in [1.54, 1.807) is 0 Å². The molecule has 1 aliphatic carbocycles. The minimum Gasteiger partial charge on any atom is -0.416 e. The normalized spacial score (nSPS) is 15.8. The smallest absolute Gasteiger partial charge is 0.277 e. The summed E-state index contributed by atoms with van der Waals surface area (Å²) >= 11 is 1.16. The average molecular weight is 298 g/mol. The number of carbonyl (C=O) groups is 2. The number of carbonyl (C=O) groups excluding carboxylic acids is 2. The van der Waals surface area contributed by atoms with Crippen LogP contribution in [0.25, 0.3) is 0 Å². The van der Waals surface area contributed by atoms with Gasteiger partial charge in [-0.2, -0.15) is 0 Å². The molecule has 2 rings (SSSR count). The fourth-order valence-corrected chi connectivity index (χ4v) is 2.68. The van der Waals surface area contributed by atoms with Gasteiger partial charge in [0.2, 0.25) is 17.7 Å². The third-order valence-electron chi connectivity index (χ3n) is 3.08. The lowest BCUT2D eigenvalue weighted by atomic mass is 9.89. The molecule has 2 amide bonds. The highest BCUT2D eigenvalue weighted by atomic mass is 32.2. The lowest BCUT2D eigenvalue weighted by Gasteiger charge is -2.17. The average Bonchev–Trinajstić information content (AvgIpc) is 2.93. The lowest BCUT2D eigenvalue weighted by Crippen LogP contribution is -2.41. The predicted molar refractivity (Wildman–Crippen MR) is 72.8 cm³/mol. The van der Waals surface area contributed by atoms with Crippen LogP contribution >= 0.6 is 11.8 Å². The molecule has 1 aromatic rings. The van der Waals surface area contributed by atoms with Gasteiger partial charge in [0.25, 0.3) is 5.22 Å². The van der Waals surface area contributed by atoms with Crippen LogP contribution in [-0.2, 0) is 9.59 Å². The molecule has 8 heteroatoms. The van der Waals surface area contributed by atoms with Gasteiger partial charge in [0.15, 0.2) is 0 Å². The number of nitrogens with zero attached hydrogens (tertiary/aromatic N) is 2. The van der Waals surface area contributed by atoms with Crippen LogP contribution < -0.4 is 10.9 Å². The van der Waals surface area contributed by atoms with Gasteiger partial charge in [-0.15, -0.1) is 10.2 Å². The molecule has 0 aliphatic heterocycles. The fraction of sp³-hybridized carbons (Fsp3) is 0.667. The Labute approximate surface area is 121 Å². The Morgan fingerprint density at radius 2 is 2.00 bits per heavy atom. The molecule has 0 radical (unpaired) electrons. The van der Waals surface area contributed by atoms with Crippen molar-refractivity contribution in [3.63, 3.8) is 0 Å². The van der Waals surface area contributed by atoms with Crippen LogP contribution in [-0.4, -0.2) is 27.8 Å². The van der Waals surface area contributed by atoms with Crippen molar-refractivity contribution in [2.24, 2.45) is 0 Å². The highest BCUT2D eigenvalue weighted by molar-refractivity contribution is 7.99. The fourth-order valence-electron chi connectivity index (χ4n) is 2.11. The maximum atomic E-state index is 11.4. The van der Waals surface area contributed by atoms with Gasteiger partial charge in [-0.25, -0.2) is 0 Å². The maximum Gasteiger partial charge on any atom is 0.277 e. The molecule has 0 spiro atoms. The van der Waals surface area contributed by atoms with E-state index >= 15 is 0 Å². The standard InChI is InChI=1S/C12H18N4O3S/c1-8(17)13-14-10(18)7-20-12-16-15-11(19-12)9-5-3-2-4-6-9/h9H,2-7H2,1H3,(H,13,17)(H,14,18). The van der Waals surface area contributed by atoms with Gasteiger partial charge < -0.3 is 4.42 Å². The summed E-state index contributed by atoms with van der Waals surface area (Å²) in [5.41, 5.74) is 4.49. The molecule has 1 fully saturated rings. The molecule has 7 nitrogen and oxygen atoms in total. The summed E-state index contributed by atoms with van der Waals surface area (Å²) < 4.78 is 5.57. The summed E-state index contributed by atoms with van der Waals surface area (Å²) in [7, 11) is 0. The lowest BCUT2D eigenvalue weighted by molar-refractivity contribution is -0.126. The number of nitrogens with one attached hydrogen (secondary N) is 2. The van der Waals surface area contributed by atoms with E-state index in [9.17, 15) is 9.59 Å². The van der Waals surface area contributed by atoms with Gasteiger partial charge in [0.1, 0.15) is 0 Å². The highest BCUT2D eigenvalue weighted by Crippen LogP contribution is 2.32. The van der Waals surface area contributed by atoms with Crippen molar-refractivity contribution in [3.05, 3.63) is 5.89 Å².